The fourth-order valence-corrected chi connectivity index (χ4v) is 3.17. The molecule has 19 heavy (non-hydrogen) atoms. The van der Waals surface area contributed by atoms with Crippen molar-refractivity contribution < 1.29 is 4.43 Å². The van der Waals surface area contributed by atoms with E-state index in [0.29, 0.717) is 0 Å². The molecule has 3 aromatic rings. The molecule has 0 aliphatic rings. The van der Waals surface area contributed by atoms with Crippen LogP contribution < -0.4 is 4.43 Å². The molecule has 0 radical (unpaired) electrons. The van der Waals surface area contributed by atoms with Crippen molar-refractivity contribution >= 4 is 29.9 Å². The summed E-state index contributed by atoms with van der Waals surface area (Å²) in [6, 6.07) is 19.3. The van der Waals surface area contributed by atoms with E-state index in [1.54, 1.807) is 0 Å². The predicted octanol–water partition coefficient (Wildman–Crippen LogP) is 5.21. The molecule has 0 saturated carbocycles. The summed E-state index contributed by atoms with van der Waals surface area (Å²) >= 11 is 0. The number of benzene rings is 3. The molecule has 0 aliphatic heterocycles. The molecule has 0 bridgehead atoms. The van der Waals surface area contributed by atoms with Crippen LogP contribution in [0.5, 0.6) is 5.75 Å². The maximum atomic E-state index is 6.06. The molecule has 0 N–H and O–H groups in total. The van der Waals surface area contributed by atoms with Crippen LogP contribution in [0.1, 0.15) is 0 Å². The molecule has 0 unspecified atom stereocenters. The number of fused-ring (bicyclic) bond motifs is 2. The van der Waals surface area contributed by atoms with Gasteiger partial charge < -0.3 is 4.43 Å². The zero-order chi connectivity index (χ0) is 13.5. The molecule has 0 spiro atoms. The van der Waals surface area contributed by atoms with Gasteiger partial charge in [0.05, 0.1) is 0 Å². The highest BCUT2D eigenvalue weighted by Gasteiger charge is 2.16. The highest BCUT2D eigenvalue weighted by molar-refractivity contribution is 6.70. The minimum absolute atomic E-state index is 0.988. The Balaban J connectivity index is 2.14. The van der Waals surface area contributed by atoms with Gasteiger partial charge in [0.2, 0.25) is 8.32 Å². The Morgan fingerprint density at radius 3 is 1.89 bits per heavy atom. The second kappa shape index (κ2) is 4.39. The van der Waals surface area contributed by atoms with Gasteiger partial charge in [-0.1, -0.05) is 30.3 Å². The summed E-state index contributed by atoms with van der Waals surface area (Å²) in [5.41, 5.74) is 0. The summed E-state index contributed by atoms with van der Waals surface area (Å²) in [5.74, 6) is 0.988. The Kier molecular flexibility index (Phi) is 2.83. The van der Waals surface area contributed by atoms with Crippen LogP contribution >= 0.6 is 0 Å². The second-order valence-corrected chi connectivity index (χ2v) is 10.4. The molecule has 1 nitrogen and oxygen atoms in total. The molecule has 0 heterocycles. The largest absolute Gasteiger partial charge is 0.544 e. The van der Waals surface area contributed by atoms with Crippen molar-refractivity contribution in [3.63, 3.8) is 0 Å². The van der Waals surface area contributed by atoms with E-state index in [0.717, 1.165) is 5.75 Å². The van der Waals surface area contributed by atoms with Crippen LogP contribution in [0.25, 0.3) is 21.5 Å². The fourth-order valence-electron chi connectivity index (χ4n) is 2.34. The molecule has 96 valence electrons. The van der Waals surface area contributed by atoms with Crippen molar-refractivity contribution in [2.75, 3.05) is 0 Å². The Labute approximate surface area is 115 Å². The fraction of sp³-hybridized carbons (Fsp3) is 0.176. The maximum absolute atomic E-state index is 6.06. The van der Waals surface area contributed by atoms with Crippen molar-refractivity contribution in [2.45, 2.75) is 19.6 Å². The minimum atomic E-state index is -1.54. The van der Waals surface area contributed by atoms with Crippen LogP contribution in [0, 0.1) is 0 Å². The molecule has 3 aromatic carbocycles. The lowest BCUT2D eigenvalue weighted by molar-refractivity contribution is 0.559. The number of hydrogen-bond acceptors (Lipinski definition) is 1. The Morgan fingerprint density at radius 1 is 0.684 bits per heavy atom. The second-order valence-electron chi connectivity index (χ2n) is 5.92. The standard InChI is InChI=1S/C17H18OSi/c1-19(2,3)18-17-9-8-15-10-13-6-4-5-7-14(13)11-16(15)12-17/h4-12H,1-3H3. The van der Waals surface area contributed by atoms with Crippen molar-refractivity contribution in [3.8, 4) is 5.75 Å². The highest BCUT2D eigenvalue weighted by Crippen LogP contribution is 2.27. The van der Waals surface area contributed by atoms with Gasteiger partial charge in [0.1, 0.15) is 5.75 Å². The van der Waals surface area contributed by atoms with Crippen molar-refractivity contribution in [1.82, 2.24) is 0 Å². The van der Waals surface area contributed by atoms with Crippen molar-refractivity contribution in [1.29, 1.82) is 0 Å². The lowest BCUT2D eigenvalue weighted by atomic mass is 10.0. The first-order valence-corrected chi connectivity index (χ1v) is 10.0. The summed E-state index contributed by atoms with van der Waals surface area (Å²) < 4.78 is 6.06. The van der Waals surface area contributed by atoms with Gasteiger partial charge in [0.25, 0.3) is 0 Å². The van der Waals surface area contributed by atoms with Gasteiger partial charge >= 0.3 is 0 Å². The first-order chi connectivity index (χ1) is 9.01. The van der Waals surface area contributed by atoms with Gasteiger partial charge in [-0.3, -0.25) is 0 Å². The van der Waals surface area contributed by atoms with E-state index in [4.69, 9.17) is 4.43 Å². The smallest absolute Gasteiger partial charge is 0.242 e. The van der Waals surface area contributed by atoms with E-state index in [2.05, 4.69) is 74.2 Å². The van der Waals surface area contributed by atoms with Gasteiger partial charge in [-0.05, 0) is 65.5 Å². The molecule has 0 amide bonds. The van der Waals surface area contributed by atoms with E-state index >= 15 is 0 Å². The molecule has 0 saturated heterocycles. The van der Waals surface area contributed by atoms with E-state index in [9.17, 15) is 0 Å². The number of rotatable bonds is 2. The molecule has 0 aliphatic carbocycles. The minimum Gasteiger partial charge on any atom is -0.544 e. The van der Waals surface area contributed by atoms with Gasteiger partial charge in [-0.2, -0.15) is 0 Å². The molecule has 0 fully saturated rings. The highest BCUT2D eigenvalue weighted by atomic mass is 28.4. The van der Waals surface area contributed by atoms with E-state index in [-0.39, 0.29) is 0 Å². The maximum Gasteiger partial charge on any atom is 0.242 e. The SMILES string of the molecule is C[Si](C)(C)Oc1ccc2cc3ccccc3cc2c1. The summed E-state index contributed by atoms with van der Waals surface area (Å²) in [5, 5.41) is 5.07. The van der Waals surface area contributed by atoms with Crippen LogP contribution in [0.2, 0.25) is 19.6 Å². The van der Waals surface area contributed by atoms with Crippen molar-refractivity contribution in [2.24, 2.45) is 0 Å². The van der Waals surface area contributed by atoms with Gasteiger partial charge in [0, 0.05) is 0 Å². The van der Waals surface area contributed by atoms with Gasteiger partial charge in [-0.15, -0.1) is 0 Å². The summed E-state index contributed by atoms with van der Waals surface area (Å²) in [6.45, 7) is 6.62. The Bertz CT molecular complexity index is 741. The lowest BCUT2D eigenvalue weighted by Gasteiger charge is -2.19. The van der Waals surface area contributed by atoms with Crippen LogP contribution in [0.3, 0.4) is 0 Å². The third-order valence-corrected chi connectivity index (χ3v) is 3.95. The molecule has 0 aromatic heterocycles. The molecule has 2 heteroatoms. The third-order valence-electron chi connectivity index (χ3n) is 3.10. The number of hydrogen-bond donors (Lipinski definition) is 0. The predicted molar refractivity (Wildman–Crippen MR) is 85.4 cm³/mol. The van der Waals surface area contributed by atoms with Crippen LogP contribution in [-0.2, 0) is 0 Å². The van der Waals surface area contributed by atoms with Gasteiger partial charge in [0.15, 0.2) is 0 Å². The van der Waals surface area contributed by atoms with E-state index in [1.807, 2.05) is 0 Å². The summed E-state index contributed by atoms with van der Waals surface area (Å²) in [4.78, 5) is 0. The third kappa shape index (κ3) is 2.64. The quantitative estimate of drug-likeness (QED) is 0.457. The van der Waals surface area contributed by atoms with Crippen LogP contribution in [-0.4, -0.2) is 8.32 Å². The van der Waals surface area contributed by atoms with E-state index in [1.165, 1.54) is 21.5 Å². The summed E-state index contributed by atoms with van der Waals surface area (Å²) in [6.07, 6.45) is 0. The Hall–Kier alpha value is -1.80. The molecule has 0 atom stereocenters. The van der Waals surface area contributed by atoms with Gasteiger partial charge in [-0.25, -0.2) is 0 Å². The molecular weight excluding hydrogens is 248 g/mol. The molecular formula is C17H18OSi. The first kappa shape index (κ1) is 12.2. The molecule has 3 rings (SSSR count). The van der Waals surface area contributed by atoms with Crippen LogP contribution in [0.15, 0.2) is 54.6 Å². The average molecular weight is 266 g/mol. The first-order valence-electron chi connectivity index (χ1n) is 6.63. The van der Waals surface area contributed by atoms with Crippen LogP contribution in [0.4, 0.5) is 0 Å². The van der Waals surface area contributed by atoms with Crippen molar-refractivity contribution in [3.05, 3.63) is 54.6 Å². The topological polar surface area (TPSA) is 9.23 Å². The lowest BCUT2D eigenvalue weighted by Crippen LogP contribution is -2.29. The van der Waals surface area contributed by atoms with E-state index < -0.39 is 8.32 Å². The Morgan fingerprint density at radius 2 is 1.26 bits per heavy atom. The normalized spacial score (nSPS) is 11.9. The summed E-state index contributed by atoms with van der Waals surface area (Å²) in [7, 11) is -1.54. The zero-order valence-electron chi connectivity index (χ0n) is 11.6. The zero-order valence-corrected chi connectivity index (χ0v) is 12.6. The average Bonchev–Trinajstić information content (AvgIpc) is 2.34. The monoisotopic (exact) mass is 266 g/mol.